The van der Waals surface area contributed by atoms with Gasteiger partial charge in [-0.15, -0.1) is 0 Å². The van der Waals surface area contributed by atoms with Gasteiger partial charge in [-0.05, 0) is 29.8 Å². The second-order valence-electron chi connectivity index (χ2n) is 3.76. The Bertz CT molecular complexity index is 563. The molecule has 1 N–H and O–H groups in total. The standard InChI is InChI=1S/C14H14O4/c1-2-17-9-18-13-8-11-6-4-3-5-10(11)7-12(13)14(15)16/h3-8H,2,9H2,1H3,(H,15,16). The average molecular weight is 246 g/mol. The molecule has 0 spiro atoms. The summed E-state index contributed by atoms with van der Waals surface area (Å²) in [5.74, 6) is -0.679. The van der Waals surface area contributed by atoms with Crippen LogP contribution in [0.1, 0.15) is 17.3 Å². The Balaban J connectivity index is 2.41. The number of carboxylic acid groups (broad SMARTS) is 1. The number of rotatable bonds is 5. The fraction of sp³-hybridized carbons (Fsp3) is 0.214. The van der Waals surface area contributed by atoms with E-state index in [1.54, 1.807) is 12.1 Å². The van der Waals surface area contributed by atoms with Gasteiger partial charge in [0.25, 0.3) is 0 Å². The normalized spacial score (nSPS) is 10.5. The summed E-state index contributed by atoms with van der Waals surface area (Å²) in [5, 5.41) is 11.0. The van der Waals surface area contributed by atoms with Gasteiger partial charge in [-0.1, -0.05) is 24.3 Å². The summed E-state index contributed by atoms with van der Waals surface area (Å²) >= 11 is 0. The highest BCUT2D eigenvalue weighted by Gasteiger charge is 2.12. The van der Waals surface area contributed by atoms with Crippen molar-refractivity contribution in [2.75, 3.05) is 13.4 Å². The number of ether oxygens (including phenoxy) is 2. The highest BCUT2D eigenvalue weighted by molar-refractivity contribution is 5.97. The van der Waals surface area contributed by atoms with Crippen LogP contribution < -0.4 is 4.74 Å². The fourth-order valence-electron chi connectivity index (χ4n) is 1.69. The van der Waals surface area contributed by atoms with Crippen molar-refractivity contribution in [3.63, 3.8) is 0 Å². The van der Waals surface area contributed by atoms with E-state index in [9.17, 15) is 4.79 Å². The summed E-state index contributed by atoms with van der Waals surface area (Å²) < 4.78 is 10.4. The third kappa shape index (κ3) is 2.60. The maximum Gasteiger partial charge on any atom is 0.339 e. The van der Waals surface area contributed by atoms with Crippen molar-refractivity contribution >= 4 is 16.7 Å². The molecule has 4 nitrogen and oxygen atoms in total. The van der Waals surface area contributed by atoms with Gasteiger partial charge in [0.15, 0.2) is 6.79 Å². The Morgan fingerprint density at radius 2 is 1.89 bits per heavy atom. The van der Waals surface area contributed by atoms with E-state index in [-0.39, 0.29) is 12.4 Å². The Morgan fingerprint density at radius 3 is 2.50 bits per heavy atom. The number of aromatic carboxylic acids is 1. The van der Waals surface area contributed by atoms with E-state index in [0.29, 0.717) is 12.4 Å². The van der Waals surface area contributed by atoms with Gasteiger partial charge >= 0.3 is 5.97 Å². The summed E-state index contributed by atoms with van der Waals surface area (Å²) in [6, 6.07) is 10.9. The van der Waals surface area contributed by atoms with Gasteiger partial charge < -0.3 is 14.6 Å². The minimum atomic E-state index is -1.01. The van der Waals surface area contributed by atoms with Crippen molar-refractivity contribution in [3.8, 4) is 5.75 Å². The molecule has 0 atom stereocenters. The van der Waals surface area contributed by atoms with Crippen molar-refractivity contribution in [1.82, 2.24) is 0 Å². The van der Waals surface area contributed by atoms with E-state index in [1.807, 2.05) is 31.2 Å². The largest absolute Gasteiger partial charge is 0.478 e. The molecule has 0 fully saturated rings. The highest BCUT2D eigenvalue weighted by Crippen LogP contribution is 2.26. The molecule has 0 unspecified atom stereocenters. The molecule has 0 saturated heterocycles. The first kappa shape index (κ1) is 12.4. The lowest BCUT2D eigenvalue weighted by molar-refractivity contribution is 0.0214. The van der Waals surface area contributed by atoms with Crippen LogP contribution >= 0.6 is 0 Å². The molecular weight excluding hydrogens is 232 g/mol. The van der Waals surface area contributed by atoms with E-state index >= 15 is 0 Å². The number of benzene rings is 2. The second-order valence-corrected chi connectivity index (χ2v) is 3.76. The molecule has 0 aliphatic rings. The molecule has 94 valence electrons. The SMILES string of the molecule is CCOCOc1cc2ccccc2cc1C(=O)O. The minimum Gasteiger partial charge on any atom is -0.478 e. The Labute approximate surface area is 105 Å². The van der Waals surface area contributed by atoms with Crippen molar-refractivity contribution in [2.45, 2.75) is 6.92 Å². The fourth-order valence-corrected chi connectivity index (χ4v) is 1.69. The number of carboxylic acids is 1. The van der Waals surface area contributed by atoms with Crippen LogP contribution in [-0.4, -0.2) is 24.5 Å². The molecule has 0 aliphatic heterocycles. The zero-order valence-electron chi connectivity index (χ0n) is 10.1. The zero-order chi connectivity index (χ0) is 13.0. The molecule has 0 heterocycles. The van der Waals surface area contributed by atoms with Crippen molar-refractivity contribution in [1.29, 1.82) is 0 Å². The monoisotopic (exact) mass is 246 g/mol. The van der Waals surface area contributed by atoms with Crippen LogP contribution in [-0.2, 0) is 4.74 Å². The van der Waals surface area contributed by atoms with Crippen LogP contribution in [0, 0.1) is 0 Å². The Hall–Kier alpha value is -2.07. The highest BCUT2D eigenvalue weighted by atomic mass is 16.7. The van der Waals surface area contributed by atoms with Crippen LogP contribution in [0.2, 0.25) is 0 Å². The molecule has 18 heavy (non-hydrogen) atoms. The van der Waals surface area contributed by atoms with Crippen LogP contribution in [0.4, 0.5) is 0 Å². The number of hydrogen-bond acceptors (Lipinski definition) is 3. The minimum absolute atomic E-state index is 0.0507. The van der Waals surface area contributed by atoms with E-state index in [4.69, 9.17) is 14.6 Å². The lowest BCUT2D eigenvalue weighted by atomic mass is 10.1. The van der Waals surface area contributed by atoms with E-state index < -0.39 is 5.97 Å². The smallest absolute Gasteiger partial charge is 0.339 e. The van der Waals surface area contributed by atoms with Crippen molar-refractivity contribution in [3.05, 3.63) is 42.0 Å². The molecule has 0 aromatic heterocycles. The summed E-state index contributed by atoms with van der Waals surface area (Å²) in [6.07, 6.45) is 0. The molecule has 2 rings (SSSR count). The first-order chi connectivity index (χ1) is 8.72. The van der Waals surface area contributed by atoms with Crippen molar-refractivity contribution in [2.24, 2.45) is 0 Å². The number of carbonyl (C=O) groups is 1. The van der Waals surface area contributed by atoms with Crippen LogP contribution in [0.15, 0.2) is 36.4 Å². The van der Waals surface area contributed by atoms with E-state index in [2.05, 4.69) is 0 Å². The van der Waals surface area contributed by atoms with Gasteiger partial charge in [0, 0.05) is 6.61 Å². The molecule has 0 aliphatic carbocycles. The maximum atomic E-state index is 11.2. The first-order valence-corrected chi connectivity index (χ1v) is 5.69. The van der Waals surface area contributed by atoms with Gasteiger partial charge in [-0.25, -0.2) is 4.79 Å². The molecule has 4 heteroatoms. The predicted octanol–water partition coefficient (Wildman–Crippen LogP) is 2.91. The predicted molar refractivity (Wildman–Crippen MR) is 68.0 cm³/mol. The molecular formula is C14H14O4. The lowest BCUT2D eigenvalue weighted by Gasteiger charge is -2.10. The number of hydrogen-bond donors (Lipinski definition) is 1. The van der Waals surface area contributed by atoms with Gasteiger partial charge in [0.05, 0.1) is 0 Å². The topological polar surface area (TPSA) is 55.8 Å². The summed E-state index contributed by atoms with van der Waals surface area (Å²) in [7, 11) is 0. The summed E-state index contributed by atoms with van der Waals surface area (Å²) in [4.78, 5) is 11.2. The lowest BCUT2D eigenvalue weighted by Crippen LogP contribution is -2.07. The van der Waals surface area contributed by atoms with Gasteiger partial charge in [0.1, 0.15) is 11.3 Å². The average Bonchev–Trinajstić information content (AvgIpc) is 2.38. The van der Waals surface area contributed by atoms with E-state index in [1.165, 1.54) is 0 Å². The van der Waals surface area contributed by atoms with Crippen LogP contribution in [0.25, 0.3) is 10.8 Å². The molecule has 0 saturated carbocycles. The molecule has 0 radical (unpaired) electrons. The summed E-state index contributed by atoms with van der Waals surface area (Å²) in [6.45, 7) is 2.42. The first-order valence-electron chi connectivity index (χ1n) is 5.69. The van der Waals surface area contributed by atoms with Crippen molar-refractivity contribution < 1.29 is 19.4 Å². The maximum absolute atomic E-state index is 11.2. The number of fused-ring (bicyclic) bond motifs is 1. The summed E-state index contributed by atoms with van der Waals surface area (Å²) in [5.41, 5.74) is 0.147. The Morgan fingerprint density at radius 1 is 1.22 bits per heavy atom. The van der Waals surface area contributed by atoms with Crippen LogP contribution in [0.5, 0.6) is 5.75 Å². The molecule has 2 aromatic carbocycles. The van der Waals surface area contributed by atoms with E-state index in [0.717, 1.165) is 10.8 Å². The van der Waals surface area contributed by atoms with Crippen LogP contribution in [0.3, 0.4) is 0 Å². The van der Waals surface area contributed by atoms with Gasteiger partial charge in [-0.3, -0.25) is 0 Å². The zero-order valence-corrected chi connectivity index (χ0v) is 10.1. The molecule has 0 bridgehead atoms. The third-order valence-electron chi connectivity index (χ3n) is 2.58. The van der Waals surface area contributed by atoms with Gasteiger partial charge in [0.2, 0.25) is 0 Å². The van der Waals surface area contributed by atoms with Gasteiger partial charge in [-0.2, -0.15) is 0 Å². The third-order valence-corrected chi connectivity index (χ3v) is 2.58. The second kappa shape index (κ2) is 5.51. The molecule has 0 amide bonds. The quantitative estimate of drug-likeness (QED) is 0.651. The molecule has 2 aromatic rings. The Kier molecular flexibility index (Phi) is 3.79.